The highest BCUT2D eigenvalue weighted by Gasteiger charge is 2.19. The lowest BCUT2D eigenvalue weighted by atomic mass is 10.0. The number of hydrogen-bond acceptors (Lipinski definition) is 6. The molecule has 0 rings (SSSR count). The van der Waals surface area contributed by atoms with Crippen LogP contribution in [0.15, 0.2) is 60.8 Å². The van der Waals surface area contributed by atoms with E-state index in [9.17, 15) is 14.4 Å². The highest BCUT2D eigenvalue weighted by molar-refractivity contribution is 5.71. The van der Waals surface area contributed by atoms with Gasteiger partial charge in [-0.3, -0.25) is 14.4 Å². The van der Waals surface area contributed by atoms with Crippen LogP contribution in [0.5, 0.6) is 0 Å². The Bertz CT molecular complexity index is 1460. The molecule has 0 saturated heterocycles. The van der Waals surface area contributed by atoms with Crippen LogP contribution in [0.1, 0.15) is 387 Å². The quantitative estimate of drug-likeness (QED) is 0.0261. The summed E-state index contributed by atoms with van der Waals surface area (Å²) in [6, 6.07) is 0. The second-order valence-corrected chi connectivity index (χ2v) is 24.5. The minimum atomic E-state index is -0.773. The van der Waals surface area contributed by atoms with Crippen molar-refractivity contribution < 1.29 is 28.6 Å². The third-order valence-electron chi connectivity index (χ3n) is 16.2. The normalized spacial score (nSPS) is 12.4. The molecule has 6 heteroatoms. The lowest BCUT2D eigenvalue weighted by Crippen LogP contribution is -2.30. The zero-order valence-electron chi connectivity index (χ0n) is 55.0. The van der Waals surface area contributed by atoms with E-state index in [1.54, 1.807) is 0 Å². The molecule has 0 N–H and O–H groups in total. The van der Waals surface area contributed by atoms with Gasteiger partial charge < -0.3 is 14.2 Å². The topological polar surface area (TPSA) is 78.9 Å². The molecule has 82 heavy (non-hydrogen) atoms. The Hall–Kier alpha value is -2.89. The van der Waals surface area contributed by atoms with Crippen molar-refractivity contribution >= 4 is 17.9 Å². The minimum absolute atomic E-state index is 0.0711. The van der Waals surface area contributed by atoms with Gasteiger partial charge in [0.15, 0.2) is 6.10 Å². The Morgan fingerprint density at radius 3 is 0.683 bits per heavy atom. The van der Waals surface area contributed by atoms with E-state index in [2.05, 4.69) is 81.5 Å². The molecular weight excluding hydrogens is 1010 g/mol. The van der Waals surface area contributed by atoms with Crippen LogP contribution in [0.2, 0.25) is 0 Å². The van der Waals surface area contributed by atoms with E-state index < -0.39 is 6.10 Å². The zero-order chi connectivity index (χ0) is 59.2. The summed E-state index contributed by atoms with van der Waals surface area (Å²) in [4.78, 5) is 38.3. The maximum absolute atomic E-state index is 12.9. The van der Waals surface area contributed by atoms with Crippen molar-refractivity contribution in [1.82, 2.24) is 0 Å². The van der Waals surface area contributed by atoms with E-state index in [1.807, 2.05) is 0 Å². The Morgan fingerprint density at radius 1 is 0.244 bits per heavy atom. The van der Waals surface area contributed by atoms with E-state index in [1.165, 1.54) is 270 Å². The summed E-state index contributed by atoms with van der Waals surface area (Å²) in [5.41, 5.74) is 0. The molecule has 0 aromatic rings. The maximum atomic E-state index is 12.9. The molecule has 0 fully saturated rings. The van der Waals surface area contributed by atoms with Crippen LogP contribution in [-0.4, -0.2) is 37.2 Å². The van der Waals surface area contributed by atoms with Crippen molar-refractivity contribution in [2.75, 3.05) is 13.2 Å². The molecule has 0 aliphatic heterocycles. The Labute approximate surface area is 510 Å². The Kier molecular flexibility index (Phi) is 68.1. The molecule has 0 bridgehead atoms. The average Bonchev–Trinajstić information content (AvgIpc) is 3.48. The zero-order valence-corrected chi connectivity index (χ0v) is 55.0. The maximum Gasteiger partial charge on any atom is 0.306 e. The van der Waals surface area contributed by atoms with Crippen molar-refractivity contribution in [2.45, 2.75) is 393 Å². The molecular formula is C76H138O6. The Morgan fingerprint density at radius 2 is 0.439 bits per heavy atom. The summed E-state index contributed by atoms with van der Waals surface area (Å²) in [5, 5.41) is 0. The first-order valence-electron chi connectivity index (χ1n) is 36.3. The standard InChI is InChI=1S/C76H138O6/c1-4-7-10-13-16-19-21-23-25-27-29-31-33-35-36-37-38-39-40-42-43-45-47-49-51-53-55-57-60-63-66-69-75(78)81-72-73(71-80-74(77)68-65-62-59-18-15-12-9-6-3)82-76(79)70-67-64-61-58-56-54-52-50-48-46-44-41-34-32-30-28-26-24-22-20-17-14-11-8-5-2/h21-24,27-30,34,41,73H,4-20,25-26,31-33,35-40,42-72H2,1-3H3/b23-21-,24-22-,29-27-,30-28-,41-34-. The van der Waals surface area contributed by atoms with Gasteiger partial charge in [-0.05, 0) is 89.9 Å². The van der Waals surface area contributed by atoms with E-state index >= 15 is 0 Å². The average molecular weight is 1150 g/mol. The SMILES string of the molecule is CCCCCCC/C=C\C/C=C\C/C=C\CCCCCCCCCCCCC(=O)OC(COC(=O)CCCCCCCCCC)COC(=O)CCCCCCCCCCCCCCCCCCCCC/C=C\C/C=C\CCCCCCC. The van der Waals surface area contributed by atoms with Crippen LogP contribution in [-0.2, 0) is 28.6 Å². The third-order valence-corrected chi connectivity index (χ3v) is 16.2. The first-order valence-corrected chi connectivity index (χ1v) is 36.3. The van der Waals surface area contributed by atoms with Gasteiger partial charge in [0.05, 0.1) is 0 Å². The number of carbonyl (C=O) groups is 3. The van der Waals surface area contributed by atoms with Crippen LogP contribution in [0, 0.1) is 0 Å². The highest BCUT2D eigenvalue weighted by atomic mass is 16.6. The lowest BCUT2D eigenvalue weighted by molar-refractivity contribution is -0.167. The van der Waals surface area contributed by atoms with Crippen LogP contribution in [0.4, 0.5) is 0 Å². The summed E-state index contributed by atoms with van der Waals surface area (Å²) in [6.07, 6.45) is 91.4. The predicted octanol–water partition coefficient (Wildman–Crippen LogP) is 25.1. The fourth-order valence-electron chi connectivity index (χ4n) is 10.8. The molecule has 0 aromatic carbocycles. The van der Waals surface area contributed by atoms with Gasteiger partial charge in [-0.2, -0.15) is 0 Å². The summed E-state index contributed by atoms with van der Waals surface area (Å²) in [6.45, 7) is 6.64. The van der Waals surface area contributed by atoms with Crippen molar-refractivity contribution in [3.63, 3.8) is 0 Å². The van der Waals surface area contributed by atoms with Crippen LogP contribution in [0.25, 0.3) is 0 Å². The van der Waals surface area contributed by atoms with Gasteiger partial charge in [-0.1, -0.05) is 338 Å². The number of allylic oxidation sites excluding steroid dienone is 10. The first kappa shape index (κ1) is 79.1. The largest absolute Gasteiger partial charge is 0.462 e. The van der Waals surface area contributed by atoms with Crippen LogP contribution >= 0.6 is 0 Å². The molecule has 0 aliphatic rings. The second-order valence-electron chi connectivity index (χ2n) is 24.5. The van der Waals surface area contributed by atoms with E-state index in [4.69, 9.17) is 14.2 Å². The number of hydrogen-bond donors (Lipinski definition) is 0. The molecule has 0 aromatic heterocycles. The molecule has 478 valence electrons. The lowest BCUT2D eigenvalue weighted by Gasteiger charge is -2.18. The van der Waals surface area contributed by atoms with Gasteiger partial charge >= 0.3 is 17.9 Å². The highest BCUT2D eigenvalue weighted by Crippen LogP contribution is 2.18. The molecule has 0 amide bonds. The van der Waals surface area contributed by atoms with Gasteiger partial charge in [-0.15, -0.1) is 0 Å². The van der Waals surface area contributed by atoms with Gasteiger partial charge in [0.1, 0.15) is 13.2 Å². The summed E-state index contributed by atoms with van der Waals surface area (Å²) >= 11 is 0. The summed E-state index contributed by atoms with van der Waals surface area (Å²) in [5.74, 6) is -0.857. The molecule has 1 atom stereocenters. The number of ether oxygens (including phenoxy) is 3. The minimum Gasteiger partial charge on any atom is -0.462 e. The predicted molar refractivity (Wildman–Crippen MR) is 358 cm³/mol. The molecule has 1 unspecified atom stereocenters. The molecule has 0 spiro atoms. The van der Waals surface area contributed by atoms with Gasteiger partial charge in [0.2, 0.25) is 0 Å². The van der Waals surface area contributed by atoms with Crippen LogP contribution < -0.4 is 0 Å². The smallest absolute Gasteiger partial charge is 0.306 e. The number of unbranched alkanes of at least 4 members (excludes halogenated alkanes) is 46. The summed E-state index contributed by atoms with van der Waals surface area (Å²) in [7, 11) is 0. The molecule has 0 aliphatic carbocycles. The van der Waals surface area contributed by atoms with Gasteiger partial charge in [-0.25, -0.2) is 0 Å². The van der Waals surface area contributed by atoms with Crippen molar-refractivity contribution in [3.05, 3.63) is 60.8 Å². The third kappa shape index (κ3) is 67.9. The van der Waals surface area contributed by atoms with Crippen molar-refractivity contribution in [3.8, 4) is 0 Å². The fourth-order valence-corrected chi connectivity index (χ4v) is 10.8. The number of esters is 3. The Balaban J connectivity index is 4.06. The second kappa shape index (κ2) is 70.6. The van der Waals surface area contributed by atoms with E-state index in [-0.39, 0.29) is 31.1 Å². The van der Waals surface area contributed by atoms with Gasteiger partial charge in [0.25, 0.3) is 0 Å². The number of rotatable bonds is 67. The van der Waals surface area contributed by atoms with Crippen molar-refractivity contribution in [2.24, 2.45) is 0 Å². The molecule has 0 heterocycles. The van der Waals surface area contributed by atoms with Crippen molar-refractivity contribution in [1.29, 1.82) is 0 Å². The molecule has 0 radical (unpaired) electrons. The van der Waals surface area contributed by atoms with Gasteiger partial charge in [0, 0.05) is 19.3 Å². The monoisotopic (exact) mass is 1150 g/mol. The molecule has 6 nitrogen and oxygen atoms in total. The fraction of sp³-hybridized carbons (Fsp3) is 0.829. The van der Waals surface area contributed by atoms with E-state index in [0.717, 1.165) is 77.0 Å². The summed E-state index contributed by atoms with van der Waals surface area (Å²) < 4.78 is 16.9. The number of carbonyl (C=O) groups excluding carboxylic acids is 3. The first-order chi connectivity index (χ1) is 40.5. The van der Waals surface area contributed by atoms with E-state index in [0.29, 0.717) is 19.3 Å². The molecule has 0 saturated carbocycles. The van der Waals surface area contributed by atoms with Crippen LogP contribution in [0.3, 0.4) is 0 Å².